The highest BCUT2D eigenvalue weighted by Crippen LogP contribution is 2.47. The van der Waals surface area contributed by atoms with Crippen LogP contribution in [0.4, 0.5) is 0 Å². The van der Waals surface area contributed by atoms with Gasteiger partial charge in [-0.3, -0.25) is 0 Å². The van der Waals surface area contributed by atoms with Gasteiger partial charge in [0.15, 0.2) is 6.23 Å². The Morgan fingerprint density at radius 3 is 2.55 bits per heavy atom. The first-order valence-electron chi connectivity index (χ1n) is 9.51. The zero-order valence-corrected chi connectivity index (χ0v) is 15.5. The van der Waals surface area contributed by atoms with Crippen LogP contribution in [-0.4, -0.2) is 11.3 Å². The van der Waals surface area contributed by atoms with Crippen molar-refractivity contribution >= 4 is 10.8 Å². The Morgan fingerprint density at radius 1 is 0.931 bits per heavy atom. The zero-order valence-electron chi connectivity index (χ0n) is 15.5. The number of hydrogen-bond donors (Lipinski definition) is 4. The largest absolute Gasteiger partial charge is 0.508 e. The van der Waals surface area contributed by atoms with Crippen LogP contribution in [0.5, 0.6) is 5.75 Å². The fourth-order valence-corrected chi connectivity index (χ4v) is 4.50. The van der Waals surface area contributed by atoms with E-state index in [1.165, 1.54) is 5.39 Å². The first-order chi connectivity index (χ1) is 14.2. The van der Waals surface area contributed by atoms with Gasteiger partial charge in [0.05, 0.1) is 11.6 Å². The molecule has 3 aromatic carbocycles. The van der Waals surface area contributed by atoms with Crippen LogP contribution < -0.4 is 16.6 Å². The minimum absolute atomic E-state index is 0.103. The van der Waals surface area contributed by atoms with Crippen molar-refractivity contribution in [2.75, 3.05) is 0 Å². The van der Waals surface area contributed by atoms with Crippen LogP contribution in [0.3, 0.4) is 0 Å². The third kappa shape index (κ3) is 2.88. The predicted molar refractivity (Wildman–Crippen MR) is 109 cm³/mol. The first kappa shape index (κ1) is 17.6. The lowest BCUT2D eigenvalue weighted by Gasteiger charge is -2.36. The quantitative estimate of drug-likeness (QED) is 0.541. The van der Waals surface area contributed by atoms with Crippen molar-refractivity contribution in [3.05, 3.63) is 89.3 Å². The number of fused-ring (bicyclic) bond motifs is 2. The minimum atomic E-state index is -0.393. The second kappa shape index (κ2) is 6.82. The molecule has 29 heavy (non-hydrogen) atoms. The van der Waals surface area contributed by atoms with E-state index in [9.17, 15) is 10.4 Å². The van der Waals surface area contributed by atoms with Gasteiger partial charge in [0.1, 0.15) is 11.8 Å². The molecule has 0 aromatic heterocycles. The molecule has 3 aromatic rings. The number of hydrazine groups is 1. The van der Waals surface area contributed by atoms with Crippen molar-refractivity contribution in [1.29, 1.82) is 5.26 Å². The maximum absolute atomic E-state index is 10.0. The molecule has 0 aliphatic carbocycles. The molecule has 4 atom stereocenters. The maximum atomic E-state index is 10.0. The summed E-state index contributed by atoms with van der Waals surface area (Å²) in [4.78, 5) is 0. The molecule has 144 valence electrons. The molecule has 5 N–H and O–H groups in total. The standard InChI is InChI=1S/C23H20N4O2/c24-12-18-19(15-6-3-7-17(28)11-15)20-21(26-27-23(20)29-22(18)25)16-9-8-13-4-1-2-5-14(13)10-16/h1-11,19-21,23,26-28H,25H2. The zero-order chi connectivity index (χ0) is 20.0. The molecule has 5 rings (SSSR count). The molecular weight excluding hydrogens is 364 g/mol. The first-order valence-corrected chi connectivity index (χ1v) is 9.51. The minimum Gasteiger partial charge on any atom is -0.508 e. The summed E-state index contributed by atoms with van der Waals surface area (Å²) in [5.74, 6) is -0.164. The number of rotatable bonds is 2. The smallest absolute Gasteiger partial charge is 0.200 e. The highest BCUT2D eigenvalue weighted by atomic mass is 16.5. The van der Waals surface area contributed by atoms with E-state index in [4.69, 9.17) is 10.5 Å². The Labute approximate surface area is 168 Å². The average Bonchev–Trinajstić information content (AvgIpc) is 3.15. The molecule has 2 aliphatic heterocycles. The molecule has 2 heterocycles. The van der Waals surface area contributed by atoms with Gasteiger partial charge in [0.25, 0.3) is 0 Å². The van der Waals surface area contributed by atoms with Crippen molar-refractivity contribution in [3.63, 3.8) is 0 Å². The van der Waals surface area contributed by atoms with Gasteiger partial charge in [-0.25, -0.2) is 10.9 Å². The van der Waals surface area contributed by atoms with Crippen LogP contribution in [0.1, 0.15) is 23.1 Å². The Kier molecular flexibility index (Phi) is 4.13. The second-order valence-electron chi connectivity index (χ2n) is 7.45. The molecule has 2 aliphatic rings. The average molecular weight is 384 g/mol. The molecule has 4 unspecified atom stereocenters. The second-order valence-corrected chi connectivity index (χ2v) is 7.45. The van der Waals surface area contributed by atoms with E-state index in [1.54, 1.807) is 18.2 Å². The summed E-state index contributed by atoms with van der Waals surface area (Å²) in [6, 6.07) is 23.7. The van der Waals surface area contributed by atoms with E-state index in [2.05, 4.69) is 47.3 Å². The number of allylic oxidation sites excluding steroid dienone is 1. The summed E-state index contributed by atoms with van der Waals surface area (Å²) < 4.78 is 5.83. The molecule has 0 radical (unpaired) electrons. The Hall–Kier alpha value is -3.53. The van der Waals surface area contributed by atoms with Gasteiger partial charge >= 0.3 is 0 Å². The highest BCUT2D eigenvalue weighted by Gasteiger charge is 2.49. The number of nitriles is 1. The van der Waals surface area contributed by atoms with Crippen LogP contribution in [0, 0.1) is 17.2 Å². The van der Waals surface area contributed by atoms with Gasteiger partial charge in [0.2, 0.25) is 5.88 Å². The lowest BCUT2D eigenvalue weighted by Crippen LogP contribution is -2.40. The van der Waals surface area contributed by atoms with Gasteiger partial charge in [0, 0.05) is 11.8 Å². The Bertz CT molecular complexity index is 1170. The molecule has 1 fully saturated rings. The number of nitrogens with two attached hydrogens (primary N) is 1. The van der Waals surface area contributed by atoms with Crippen molar-refractivity contribution in [2.45, 2.75) is 18.2 Å². The van der Waals surface area contributed by atoms with E-state index >= 15 is 0 Å². The lowest BCUT2D eigenvalue weighted by molar-refractivity contribution is 0.0340. The third-order valence-corrected chi connectivity index (χ3v) is 5.81. The molecule has 0 saturated carbocycles. The molecule has 0 spiro atoms. The molecule has 0 amide bonds. The van der Waals surface area contributed by atoms with E-state index in [1.807, 2.05) is 18.2 Å². The number of aromatic hydroxyl groups is 1. The number of benzene rings is 3. The third-order valence-electron chi connectivity index (χ3n) is 5.81. The van der Waals surface area contributed by atoms with Crippen LogP contribution in [0.15, 0.2) is 78.2 Å². The fourth-order valence-electron chi connectivity index (χ4n) is 4.50. The summed E-state index contributed by atoms with van der Waals surface area (Å²) >= 11 is 0. The van der Waals surface area contributed by atoms with E-state index in [0.717, 1.165) is 16.5 Å². The number of nitrogens with one attached hydrogen (secondary N) is 2. The molecule has 1 saturated heterocycles. The Balaban J connectivity index is 1.63. The van der Waals surface area contributed by atoms with E-state index in [-0.39, 0.29) is 29.5 Å². The lowest BCUT2D eigenvalue weighted by atomic mass is 9.74. The number of phenols is 1. The Morgan fingerprint density at radius 2 is 1.76 bits per heavy atom. The number of phenolic OH excluding ortho intramolecular Hbond substituents is 1. The maximum Gasteiger partial charge on any atom is 0.200 e. The monoisotopic (exact) mass is 384 g/mol. The van der Waals surface area contributed by atoms with Crippen LogP contribution >= 0.6 is 0 Å². The van der Waals surface area contributed by atoms with Crippen LogP contribution in [-0.2, 0) is 4.74 Å². The molecule has 0 bridgehead atoms. The van der Waals surface area contributed by atoms with Crippen molar-refractivity contribution < 1.29 is 9.84 Å². The highest BCUT2D eigenvalue weighted by molar-refractivity contribution is 5.83. The van der Waals surface area contributed by atoms with Gasteiger partial charge in [-0.2, -0.15) is 5.26 Å². The molecular formula is C23H20N4O2. The summed E-state index contributed by atoms with van der Waals surface area (Å²) in [6.07, 6.45) is -0.393. The fraction of sp³-hybridized carbons (Fsp3) is 0.174. The van der Waals surface area contributed by atoms with Crippen molar-refractivity contribution in [1.82, 2.24) is 10.9 Å². The van der Waals surface area contributed by atoms with Gasteiger partial charge < -0.3 is 15.6 Å². The summed E-state index contributed by atoms with van der Waals surface area (Å²) in [5, 5.41) is 22.1. The number of hydrogen-bond acceptors (Lipinski definition) is 6. The normalized spacial score (nSPS) is 26.0. The van der Waals surface area contributed by atoms with Gasteiger partial charge in [-0.05, 0) is 40.1 Å². The predicted octanol–water partition coefficient (Wildman–Crippen LogP) is 3.14. The summed E-state index contributed by atoms with van der Waals surface area (Å²) in [6.45, 7) is 0. The SMILES string of the molecule is N#CC1=C(N)OC2NNC(c3ccc4ccccc4c3)C2C1c1cccc(O)c1. The van der Waals surface area contributed by atoms with Crippen molar-refractivity contribution in [3.8, 4) is 11.8 Å². The topological polar surface area (TPSA) is 103 Å². The van der Waals surface area contributed by atoms with E-state index in [0.29, 0.717) is 5.57 Å². The van der Waals surface area contributed by atoms with Gasteiger partial charge in [-0.15, -0.1) is 0 Å². The summed E-state index contributed by atoms with van der Waals surface area (Å²) in [5.41, 5.74) is 14.9. The van der Waals surface area contributed by atoms with E-state index < -0.39 is 6.23 Å². The molecule has 6 heteroatoms. The van der Waals surface area contributed by atoms with Crippen LogP contribution in [0.2, 0.25) is 0 Å². The van der Waals surface area contributed by atoms with Crippen molar-refractivity contribution in [2.24, 2.45) is 11.7 Å². The number of nitrogens with zero attached hydrogens (tertiary/aromatic N) is 1. The van der Waals surface area contributed by atoms with Crippen LogP contribution in [0.25, 0.3) is 10.8 Å². The molecule has 6 nitrogen and oxygen atoms in total. The number of ether oxygens (including phenoxy) is 1. The van der Waals surface area contributed by atoms with Gasteiger partial charge in [-0.1, -0.05) is 48.5 Å². The summed E-state index contributed by atoms with van der Waals surface area (Å²) in [7, 11) is 0.